The molecule has 0 aliphatic heterocycles. The first-order chi connectivity index (χ1) is 8.34. The summed E-state index contributed by atoms with van der Waals surface area (Å²) in [5.41, 5.74) is 0. The summed E-state index contributed by atoms with van der Waals surface area (Å²) >= 11 is 6.86. The van der Waals surface area contributed by atoms with E-state index < -0.39 is 0 Å². The van der Waals surface area contributed by atoms with Gasteiger partial charge in [0.1, 0.15) is 0 Å². The zero-order valence-electron chi connectivity index (χ0n) is 9.05. The van der Waals surface area contributed by atoms with Gasteiger partial charge in [-0.3, -0.25) is 0 Å². The third-order valence-electron chi connectivity index (χ3n) is 1.99. The summed E-state index contributed by atoms with van der Waals surface area (Å²) in [4.78, 5) is 2.18. The average molecular weight is 373 g/mol. The van der Waals surface area contributed by atoms with E-state index in [0.717, 1.165) is 3.93 Å². The van der Waals surface area contributed by atoms with Crippen molar-refractivity contribution in [3.8, 4) is 0 Å². The molecule has 0 aliphatic carbocycles. The average Bonchev–Trinajstić information content (AvgIpc) is 2.39. The Morgan fingerprint density at radius 2 is 1.35 bits per heavy atom. The molecule has 0 saturated heterocycles. The van der Waals surface area contributed by atoms with E-state index in [1.807, 2.05) is 12.1 Å². The minimum atomic E-state index is 0.249. The van der Waals surface area contributed by atoms with E-state index in [9.17, 15) is 0 Å². The van der Waals surface area contributed by atoms with Crippen molar-refractivity contribution in [3.63, 3.8) is 0 Å². The van der Waals surface area contributed by atoms with Gasteiger partial charge in [-0.05, 0) is 0 Å². The summed E-state index contributed by atoms with van der Waals surface area (Å²) in [7, 11) is 0. The Balaban J connectivity index is 1.94. The SMILES string of the molecule is Cl/C(=C/[Se]c1ccccc1)[Se]c1ccccc1. The molecule has 0 atom stereocenters. The molecule has 0 aliphatic rings. The maximum absolute atomic E-state index is 6.27. The Hall–Kier alpha value is -0.491. The van der Waals surface area contributed by atoms with Crippen LogP contribution in [0.3, 0.4) is 0 Å². The quantitative estimate of drug-likeness (QED) is 0.721. The fourth-order valence-electron chi connectivity index (χ4n) is 1.24. The van der Waals surface area contributed by atoms with Crippen molar-refractivity contribution in [2.24, 2.45) is 0 Å². The Morgan fingerprint density at radius 1 is 0.824 bits per heavy atom. The van der Waals surface area contributed by atoms with Gasteiger partial charge in [0.2, 0.25) is 0 Å². The number of benzene rings is 2. The summed E-state index contributed by atoms with van der Waals surface area (Å²) < 4.78 is 3.68. The van der Waals surface area contributed by atoms with E-state index in [-0.39, 0.29) is 15.0 Å². The number of rotatable bonds is 4. The summed E-state index contributed by atoms with van der Waals surface area (Å²) in [6.07, 6.45) is 0. The van der Waals surface area contributed by atoms with Crippen molar-refractivity contribution in [2.75, 3.05) is 0 Å². The molecule has 86 valence electrons. The Kier molecular flexibility index (Phi) is 5.38. The van der Waals surface area contributed by atoms with Crippen molar-refractivity contribution in [2.45, 2.75) is 0 Å². The molecule has 0 radical (unpaired) electrons. The summed E-state index contributed by atoms with van der Waals surface area (Å²) in [5.74, 6) is 0. The molecule has 3 heteroatoms. The van der Waals surface area contributed by atoms with E-state index in [0.29, 0.717) is 15.0 Å². The third-order valence-corrected chi connectivity index (χ3v) is 7.16. The van der Waals surface area contributed by atoms with Gasteiger partial charge in [0.15, 0.2) is 0 Å². The van der Waals surface area contributed by atoms with Gasteiger partial charge in [-0.2, -0.15) is 0 Å². The molecule has 0 N–H and O–H groups in total. The molecule has 17 heavy (non-hydrogen) atoms. The molecule has 0 amide bonds. The second-order valence-electron chi connectivity index (χ2n) is 3.27. The maximum atomic E-state index is 6.27. The summed E-state index contributed by atoms with van der Waals surface area (Å²) in [6, 6.07) is 20.9. The predicted octanol–water partition coefficient (Wildman–Crippen LogP) is 2.08. The van der Waals surface area contributed by atoms with Crippen LogP contribution in [0.1, 0.15) is 0 Å². The molecular formula is C14H11ClSe2. The second-order valence-corrected chi connectivity index (χ2v) is 8.50. The van der Waals surface area contributed by atoms with Crippen LogP contribution in [0.2, 0.25) is 0 Å². The minimum absolute atomic E-state index is 0.249. The first kappa shape index (κ1) is 13.0. The van der Waals surface area contributed by atoms with Crippen molar-refractivity contribution >= 4 is 50.4 Å². The van der Waals surface area contributed by atoms with E-state index in [2.05, 4.69) is 53.5 Å². The van der Waals surface area contributed by atoms with Crippen LogP contribution >= 0.6 is 11.6 Å². The molecule has 0 spiro atoms. The van der Waals surface area contributed by atoms with Crippen molar-refractivity contribution in [3.05, 3.63) is 69.6 Å². The molecule has 0 aromatic heterocycles. The first-order valence-corrected chi connectivity index (χ1v) is 9.08. The van der Waals surface area contributed by atoms with Gasteiger partial charge in [0.05, 0.1) is 0 Å². The Labute approximate surface area is 119 Å². The molecule has 0 fully saturated rings. The van der Waals surface area contributed by atoms with Gasteiger partial charge in [-0.1, -0.05) is 0 Å². The second kappa shape index (κ2) is 7.06. The van der Waals surface area contributed by atoms with Crippen molar-refractivity contribution in [1.82, 2.24) is 0 Å². The van der Waals surface area contributed by atoms with Crippen LogP contribution in [0, 0.1) is 0 Å². The number of hydrogen-bond donors (Lipinski definition) is 0. The van der Waals surface area contributed by atoms with Crippen LogP contribution < -0.4 is 8.92 Å². The monoisotopic (exact) mass is 374 g/mol. The van der Waals surface area contributed by atoms with Crippen LogP contribution in [-0.4, -0.2) is 29.9 Å². The fraction of sp³-hybridized carbons (Fsp3) is 0. The van der Waals surface area contributed by atoms with Crippen LogP contribution in [0.25, 0.3) is 0 Å². The molecule has 0 nitrogen and oxygen atoms in total. The normalized spacial score (nSPS) is 11.5. The van der Waals surface area contributed by atoms with Crippen LogP contribution in [0.15, 0.2) is 69.6 Å². The zero-order valence-corrected chi connectivity index (χ0v) is 13.2. The Bertz CT molecular complexity index is 480. The van der Waals surface area contributed by atoms with Gasteiger partial charge in [-0.15, -0.1) is 0 Å². The number of halogens is 1. The summed E-state index contributed by atoms with van der Waals surface area (Å²) in [6.45, 7) is 0. The van der Waals surface area contributed by atoms with Crippen molar-refractivity contribution in [1.29, 1.82) is 0 Å². The van der Waals surface area contributed by atoms with Crippen LogP contribution in [-0.2, 0) is 0 Å². The standard InChI is InChI=1S/C14H11ClSe2/c15-14(17-13-9-5-2-6-10-13)11-16-12-7-3-1-4-8-12/h1-11H/b14-11-. The van der Waals surface area contributed by atoms with Gasteiger partial charge in [0.25, 0.3) is 0 Å². The molecule has 2 rings (SSSR count). The molecule has 2 aromatic carbocycles. The van der Waals surface area contributed by atoms with Gasteiger partial charge in [0, 0.05) is 0 Å². The van der Waals surface area contributed by atoms with E-state index in [1.165, 1.54) is 8.92 Å². The van der Waals surface area contributed by atoms with Crippen molar-refractivity contribution < 1.29 is 0 Å². The molecule has 0 bridgehead atoms. The third kappa shape index (κ3) is 4.71. The molecule has 0 unspecified atom stereocenters. The van der Waals surface area contributed by atoms with E-state index in [1.54, 1.807) is 0 Å². The van der Waals surface area contributed by atoms with Crippen LogP contribution in [0.5, 0.6) is 0 Å². The zero-order chi connectivity index (χ0) is 11.9. The van der Waals surface area contributed by atoms with E-state index >= 15 is 0 Å². The van der Waals surface area contributed by atoms with Crippen LogP contribution in [0.4, 0.5) is 0 Å². The number of hydrogen-bond acceptors (Lipinski definition) is 0. The van der Waals surface area contributed by atoms with E-state index in [4.69, 9.17) is 11.6 Å². The molecule has 0 saturated carbocycles. The van der Waals surface area contributed by atoms with Gasteiger partial charge in [-0.25, -0.2) is 0 Å². The topological polar surface area (TPSA) is 0 Å². The molecule has 2 aromatic rings. The summed E-state index contributed by atoms with van der Waals surface area (Å²) in [5, 5.41) is 0. The first-order valence-electron chi connectivity index (χ1n) is 5.15. The molecular weight excluding hydrogens is 362 g/mol. The predicted molar refractivity (Wildman–Crippen MR) is 77.6 cm³/mol. The Morgan fingerprint density at radius 3 is 1.94 bits per heavy atom. The fourth-order valence-corrected chi connectivity index (χ4v) is 5.31. The van der Waals surface area contributed by atoms with Gasteiger partial charge >= 0.3 is 120 Å². The van der Waals surface area contributed by atoms with Gasteiger partial charge < -0.3 is 0 Å². The molecule has 0 heterocycles.